The maximum Gasteiger partial charge on any atom is 0.335 e. The van der Waals surface area contributed by atoms with Gasteiger partial charge < -0.3 is 10.4 Å². The first-order valence-electron chi connectivity index (χ1n) is 6.65. The predicted octanol–water partition coefficient (Wildman–Crippen LogP) is 2.78. The minimum Gasteiger partial charge on any atom is -0.478 e. The first kappa shape index (κ1) is 16.6. The molecule has 0 aromatic heterocycles. The Bertz CT molecular complexity index is 443. The van der Waals surface area contributed by atoms with E-state index >= 15 is 0 Å². The molecule has 1 amide bonds. The average molecular weight is 295 g/mol. The van der Waals surface area contributed by atoms with Crippen LogP contribution in [-0.4, -0.2) is 28.5 Å². The minimum absolute atomic E-state index is 0.0149. The number of carbonyl (C=O) groups is 2. The Balaban J connectivity index is 2.25. The van der Waals surface area contributed by atoms with E-state index in [4.69, 9.17) is 5.11 Å². The molecule has 1 aromatic rings. The van der Waals surface area contributed by atoms with Gasteiger partial charge in [0.25, 0.3) is 0 Å². The van der Waals surface area contributed by atoms with Gasteiger partial charge in [0.15, 0.2) is 0 Å². The van der Waals surface area contributed by atoms with Crippen molar-refractivity contribution >= 4 is 23.6 Å². The second kappa shape index (κ2) is 8.64. The van der Waals surface area contributed by atoms with Gasteiger partial charge >= 0.3 is 5.97 Å². The van der Waals surface area contributed by atoms with Crippen LogP contribution in [0.5, 0.6) is 0 Å². The molecule has 0 aliphatic rings. The largest absolute Gasteiger partial charge is 0.478 e. The molecule has 0 fully saturated rings. The topological polar surface area (TPSA) is 66.4 Å². The molecule has 0 aliphatic heterocycles. The number of carboxylic acids is 1. The SMILES string of the molecule is CC(C)CCSCC(=O)NCc1ccc(C(=O)O)cc1. The first-order chi connectivity index (χ1) is 9.49. The summed E-state index contributed by atoms with van der Waals surface area (Å²) < 4.78 is 0. The third-order valence-electron chi connectivity index (χ3n) is 2.76. The maximum atomic E-state index is 11.6. The van der Waals surface area contributed by atoms with E-state index in [9.17, 15) is 9.59 Å². The fourth-order valence-corrected chi connectivity index (χ4v) is 2.57. The van der Waals surface area contributed by atoms with Crippen LogP contribution < -0.4 is 5.32 Å². The Hall–Kier alpha value is -1.49. The molecule has 2 N–H and O–H groups in total. The number of amides is 1. The summed E-state index contributed by atoms with van der Waals surface area (Å²) in [6.07, 6.45) is 1.12. The normalized spacial score (nSPS) is 10.6. The molecule has 0 unspecified atom stereocenters. The highest BCUT2D eigenvalue weighted by Crippen LogP contribution is 2.08. The van der Waals surface area contributed by atoms with Crippen molar-refractivity contribution in [1.29, 1.82) is 0 Å². The molecule has 0 saturated carbocycles. The van der Waals surface area contributed by atoms with E-state index in [1.807, 2.05) is 0 Å². The summed E-state index contributed by atoms with van der Waals surface area (Å²) in [5.74, 6) is 1.21. The van der Waals surface area contributed by atoms with Gasteiger partial charge in [0.2, 0.25) is 5.91 Å². The van der Waals surface area contributed by atoms with Crippen molar-refractivity contribution in [1.82, 2.24) is 5.32 Å². The van der Waals surface area contributed by atoms with Gasteiger partial charge in [0, 0.05) is 6.54 Å². The minimum atomic E-state index is -0.942. The molecule has 0 aliphatic carbocycles. The number of thioether (sulfide) groups is 1. The van der Waals surface area contributed by atoms with Crippen molar-refractivity contribution in [3.63, 3.8) is 0 Å². The molecule has 20 heavy (non-hydrogen) atoms. The van der Waals surface area contributed by atoms with Crippen molar-refractivity contribution in [2.75, 3.05) is 11.5 Å². The Morgan fingerprint density at radius 3 is 2.45 bits per heavy atom. The summed E-state index contributed by atoms with van der Waals surface area (Å²) in [6, 6.07) is 6.52. The van der Waals surface area contributed by atoms with Crippen molar-refractivity contribution < 1.29 is 14.7 Å². The van der Waals surface area contributed by atoms with Crippen LogP contribution in [0.15, 0.2) is 24.3 Å². The van der Waals surface area contributed by atoms with E-state index in [-0.39, 0.29) is 11.5 Å². The van der Waals surface area contributed by atoms with E-state index in [0.717, 1.165) is 17.7 Å². The molecule has 0 atom stereocenters. The van der Waals surface area contributed by atoms with Crippen molar-refractivity contribution in [3.05, 3.63) is 35.4 Å². The van der Waals surface area contributed by atoms with E-state index in [2.05, 4.69) is 19.2 Å². The van der Waals surface area contributed by atoms with Gasteiger partial charge in [-0.15, -0.1) is 0 Å². The standard InChI is InChI=1S/C15H21NO3S/c1-11(2)7-8-20-10-14(17)16-9-12-3-5-13(6-4-12)15(18)19/h3-6,11H,7-10H2,1-2H3,(H,16,17)(H,18,19). The number of carboxylic acid groups (broad SMARTS) is 1. The van der Waals surface area contributed by atoms with Crippen LogP contribution in [0.3, 0.4) is 0 Å². The number of nitrogens with one attached hydrogen (secondary N) is 1. The molecule has 0 spiro atoms. The Kier molecular flexibility index (Phi) is 7.15. The highest BCUT2D eigenvalue weighted by Gasteiger charge is 2.04. The van der Waals surface area contributed by atoms with Gasteiger partial charge in [-0.1, -0.05) is 26.0 Å². The van der Waals surface area contributed by atoms with Crippen LogP contribution in [0.25, 0.3) is 0 Å². The number of rotatable bonds is 8. The van der Waals surface area contributed by atoms with Crippen molar-refractivity contribution in [3.8, 4) is 0 Å². The molecule has 0 saturated heterocycles. The molecule has 0 heterocycles. The van der Waals surface area contributed by atoms with Gasteiger partial charge in [0.1, 0.15) is 0 Å². The molecule has 5 heteroatoms. The fourth-order valence-electron chi connectivity index (χ4n) is 1.50. The zero-order valence-electron chi connectivity index (χ0n) is 11.9. The number of carbonyl (C=O) groups excluding carboxylic acids is 1. The van der Waals surface area contributed by atoms with Crippen LogP contribution in [0.2, 0.25) is 0 Å². The second-order valence-corrected chi connectivity index (χ2v) is 6.12. The lowest BCUT2D eigenvalue weighted by atomic mass is 10.1. The van der Waals surface area contributed by atoms with Crippen LogP contribution in [0.4, 0.5) is 0 Å². The molecule has 110 valence electrons. The second-order valence-electron chi connectivity index (χ2n) is 5.01. The van der Waals surface area contributed by atoms with Gasteiger partial charge in [-0.05, 0) is 35.8 Å². The fraction of sp³-hybridized carbons (Fsp3) is 0.467. The number of aromatic carboxylic acids is 1. The number of hydrogen-bond donors (Lipinski definition) is 2. The first-order valence-corrected chi connectivity index (χ1v) is 7.81. The molecule has 0 radical (unpaired) electrons. The summed E-state index contributed by atoms with van der Waals surface area (Å²) in [6.45, 7) is 4.77. The third kappa shape index (κ3) is 6.61. The summed E-state index contributed by atoms with van der Waals surface area (Å²) in [4.78, 5) is 22.3. The lowest BCUT2D eigenvalue weighted by Gasteiger charge is -2.06. The van der Waals surface area contributed by atoms with E-state index in [1.54, 1.807) is 36.0 Å². The summed E-state index contributed by atoms with van der Waals surface area (Å²) in [5.41, 5.74) is 1.15. The predicted molar refractivity (Wildman–Crippen MR) is 82.0 cm³/mol. The van der Waals surface area contributed by atoms with Gasteiger partial charge in [-0.2, -0.15) is 11.8 Å². The van der Waals surface area contributed by atoms with Gasteiger partial charge in [-0.25, -0.2) is 4.79 Å². The van der Waals surface area contributed by atoms with E-state index < -0.39 is 5.97 Å². The molecule has 0 bridgehead atoms. The number of benzene rings is 1. The monoisotopic (exact) mass is 295 g/mol. The average Bonchev–Trinajstić information content (AvgIpc) is 2.41. The van der Waals surface area contributed by atoms with E-state index in [0.29, 0.717) is 18.2 Å². The lowest BCUT2D eigenvalue weighted by Crippen LogP contribution is -2.24. The van der Waals surface area contributed by atoms with Crippen LogP contribution in [0.1, 0.15) is 36.2 Å². The van der Waals surface area contributed by atoms with Crippen molar-refractivity contribution in [2.24, 2.45) is 5.92 Å². The highest BCUT2D eigenvalue weighted by molar-refractivity contribution is 7.99. The van der Waals surface area contributed by atoms with E-state index in [1.165, 1.54) is 0 Å². The molecule has 1 aromatic carbocycles. The number of hydrogen-bond acceptors (Lipinski definition) is 3. The lowest BCUT2D eigenvalue weighted by molar-refractivity contribution is -0.118. The Labute approximate surface area is 124 Å². The van der Waals surface area contributed by atoms with Crippen LogP contribution in [0, 0.1) is 5.92 Å². The quantitative estimate of drug-likeness (QED) is 0.724. The van der Waals surface area contributed by atoms with Gasteiger partial charge in [-0.3, -0.25) is 4.79 Å². The maximum absolute atomic E-state index is 11.6. The third-order valence-corrected chi connectivity index (χ3v) is 3.75. The zero-order valence-corrected chi connectivity index (χ0v) is 12.7. The smallest absolute Gasteiger partial charge is 0.335 e. The van der Waals surface area contributed by atoms with Crippen LogP contribution >= 0.6 is 11.8 Å². The zero-order chi connectivity index (χ0) is 15.0. The highest BCUT2D eigenvalue weighted by atomic mass is 32.2. The summed E-state index contributed by atoms with van der Waals surface area (Å²) in [5, 5.41) is 11.6. The molecular formula is C15H21NO3S. The molecule has 1 rings (SSSR count). The Morgan fingerprint density at radius 2 is 1.90 bits per heavy atom. The van der Waals surface area contributed by atoms with Crippen LogP contribution in [-0.2, 0) is 11.3 Å². The Morgan fingerprint density at radius 1 is 1.25 bits per heavy atom. The summed E-state index contributed by atoms with van der Waals surface area (Å²) in [7, 11) is 0. The molecular weight excluding hydrogens is 274 g/mol. The van der Waals surface area contributed by atoms with Crippen molar-refractivity contribution in [2.45, 2.75) is 26.8 Å². The molecule has 4 nitrogen and oxygen atoms in total. The summed E-state index contributed by atoms with van der Waals surface area (Å²) >= 11 is 1.64. The van der Waals surface area contributed by atoms with Gasteiger partial charge in [0.05, 0.1) is 11.3 Å².